The molecule has 0 aliphatic rings. The van der Waals surface area contributed by atoms with E-state index in [0.29, 0.717) is 19.4 Å². The summed E-state index contributed by atoms with van der Waals surface area (Å²) in [5.74, 6) is 0.870. The van der Waals surface area contributed by atoms with Crippen LogP contribution in [0.25, 0.3) is 0 Å². The monoisotopic (exact) mass is 326 g/mol. The highest BCUT2D eigenvalue weighted by molar-refractivity contribution is 5.83. The Balaban J connectivity index is 3.98. The number of hydrogen-bond acceptors (Lipinski definition) is 4. The smallest absolute Gasteiger partial charge is 0.407 e. The van der Waals surface area contributed by atoms with E-state index in [4.69, 9.17) is 16.3 Å². The Labute approximate surface area is 137 Å². The minimum absolute atomic E-state index is 0.112. The second-order valence-corrected chi connectivity index (χ2v) is 6.09. The Hall–Kier alpha value is -2.23. The Bertz CT molecular complexity index is 448. The van der Waals surface area contributed by atoms with Crippen LogP contribution in [0.3, 0.4) is 0 Å². The highest BCUT2D eigenvalue weighted by Crippen LogP contribution is 2.07. The zero-order valence-corrected chi connectivity index (χ0v) is 14.0. The van der Waals surface area contributed by atoms with Crippen molar-refractivity contribution in [2.45, 2.75) is 64.5 Å². The van der Waals surface area contributed by atoms with E-state index in [1.165, 1.54) is 0 Å². The van der Waals surface area contributed by atoms with Gasteiger partial charge in [-0.15, -0.1) is 12.3 Å². The van der Waals surface area contributed by atoms with Crippen molar-refractivity contribution in [3.63, 3.8) is 0 Å². The third-order valence-corrected chi connectivity index (χ3v) is 2.72. The molecule has 23 heavy (non-hydrogen) atoms. The number of rotatable bonds is 9. The van der Waals surface area contributed by atoms with E-state index < -0.39 is 23.7 Å². The summed E-state index contributed by atoms with van der Waals surface area (Å²) >= 11 is 0. The van der Waals surface area contributed by atoms with E-state index in [-0.39, 0.29) is 25.2 Å². The first-order valence-corrected chi connectivity index (χ1v) is 7.58. The van der Waals surface area contributed by atoms with Gasteiger partial charge in [0, 0.05) is 19.4 Å². The Morgan fingerprint density at radius 3 is 2.43 bits per heavy atom. The second-order valence-electron chi connectivity index (χ2n) is 6.09. The van der Waals surface area contributed by atoms with E-state index in [1.807, 2.05) is 0 Å². The maximum atomic E-state index is 11.5. The normalized spacial score (nSPS) is 11.9. The molecule has 7 heteroatoms. The van der Waals surface area contributed by atoms with Crippen LogP contribution in [0.2, 0.25) is 0 Å². The van der Waals surface area contributed by atoms with Gasteiger partial charge in [0.05, 0.1) is 0 Å². The molecule has 0 saturated carbocycles. The van der Waals surface area contributed by atoms with Crippen LogP contribution in [-0.4, -0.2) is 41.3 Å². The molecule has 0 saturated heterocycles. The van der Waals surface area contributed by atoms with Crippen molar-refractivity contribution in [3.8, 4) is 12.3 Å². The minimum atomic E-state index is -1.08. The second kappa shape index (κ2) is 10.5. The average Bonchev–Trinajstić information content (AvgIpc) is 2.41. The number of carboxylic acid groups (broad SMARTS) is 1. The first kappa shape index (κ1) is 20.8. The van der Waals surface area contributed by atoms with Crippen LogP contribution in [0.5, 0.6) is 0 Å². The van der Waals surface area contributed by atoms with Gasteiger partial charge in [0.2, 0.25) is 5.91 Å². The number of unbranched alkanes of at least 4 members (excludes halogenated alkanes) is 1. The molecule has 2 amide bonds. The van der Waals surface area contributed by atoms with Gasteiger partial charge >= 0.3 is 12.1 Å². The van der Waals surface area contributed by atoms with Gasteiger partial charge in [-0.1, -0.05) is 0 Å². The number of ether oxygens (including phenoxy) is 1. The Kier molecular flexibility index (Phi) is 9.47. The van der Waals surface area contributed by atoms with Gasteiger partial charge in [0.15, 0.2) is 0 Å². The third kappa shape index (κ3) is 12.0. The lowest BCUT2D eigenvalue weighted by Gasteiger charge is -2.19. The highest BCUT2D eigenvalue weighted by atomic mass is 16.6. The molecule has 3 N–H and O–H groups in total. The van der Waals surface area contributed by atoms with Crippen molar-refractivity contribution in [2.24, 2.45) is 0 Å². The van der Waals surface area contributed by atoms with Crippen LogP contribution in [0.1, 0.15) is 52.9 Å². The molecule has 0 aromatic rings. The number of carbonyl (C=O) groups is 3. The van der Waals surface area contributed by atoms with Crippen LogP contribution in [0.15, 0.2) is 0 Å². The van der Waals surface area contributed by atoms with Crippen LogP contribution in [0.4, 0.5) is 4.79 Å². The molecule has 7 nitrogen and oxygen atoms in total. The van der Waals surface area contributed by atoms with Crippen molar-refractivity contribution < 1.29 is 24.2 Å². The maximum Gasteiger partial charge on any atom is 0.407 e. The minimum Gasteiger partial charge on any atom is -0.480 e. The summed E-state index contributed by atoms with van der Waals surface area (Å²) < 4.78 is 5.08. The van der Waals surface area contributed by atoms with Crippen molar-refractivity contribution in [1.29, 1.82) is 0 Å². The van der Waals surface area contributed by atoms with Crippen molar-refractivity contribution in [2.75, 3.05) is 6.54 Å². The molecular formula is C16H26N2O5. The number of carboxylic acids is 1. The van der Waals surface area contributed by atoms with Gasteiger partial charge in [-0.05, 0) is 40.0 Å². The molecular weight excluding hydrogens is 300 g/mol. The molecule has 130 valence electrons. The molecule has 1 atom stereocenters. The largest absolute Gasteiger partial charge is 0.480 e. The van der Waals surface area contributed by atoms with E-state index in [0.717, 1.165) is 0 Å². The predicted octanol–water partition coefficient (Wildman–Crippen LogP) is 1.66. The molecule has 0 aromatic carbocycles. The number of aliphatic carboxylic acids is 1. The molecule has 0 rings (SSSR count). The van der Waals surface area contributed by atoms with E-state index in [2.05, 4.69) is 16.6 Å². The maximum absolute atomic E-state index is 11.5. The van der Waals surface area contributed by atoms with Gasteiger partial charge in [-0.2, -0.15) is 0 Å². The number of terminal acetylenes is 1. The van der Waals surface area contributed by atoms with Crippen LogP contribution in [-0.2, 0) is 14.3 Å². The fourth-order valence-corrected chi connectivity index (χ4v) is 1.69. The van der Waals surface area contributed by atoms with Crippen molar-refractivity contribution >= 4 is 18.0 Å². The van der Waals surface area contributed by atoms with Gasteiger partial charge in [-0.25, -0.2) is 9.59 Å². The summed E-state index contributed by atoms with van der Waals surface area (Å²) in [7, 11) is 0. The number of alkyl carbamates (subject to hydrolysis) is 1. The lowest BCUT2D eigenvalue weighted by atomic mass is 10.1. The predicted molar refractivity (Wildman–Crippen MR) is 85.7 cm³/mol. The number of amides is 2. The van der Waals surface area contributed by atoms with Crippen LogP contribution < -0.4 is 10.6 Å². The van der Waals surface area contributed by atoms with Crippen LogP contribution >= 0.6 is 0 Å². The number of hydrogen-bond donors (Lipinski definition) is 3. The number of nitrogens with one attached hydrogen (secondary N) is 2. The first-order valence-electron chi connectivity index (χ1n) is 7.58. The first-order chi connectivity index (χ1) is 10.7. The van der Waals surface area contributed by atoms with Crippen molar-refractivity contribution in [3.05, 3.63) is 0 Å². The summed E-state index contributed by atoms with van der Waals surface area (Å²) in [4.78, 5) is 34.0. The zero-order chi connectivity index (χ0) is 17.9. The molecule has 0 aromatic heterocycles. The molecule has 0 heterocycles. The van der Waals surface area contributed by atoms with Gasteiger partial charge in [-0.3, -0.25) is 4.79 Å². The van der Waals surface area contributed by atoms with Crippen LogP contribution in [0, 0.1) is 12.3 Å². The molecule has 0 radical (unpaired) electrons. The Morgan fingerprint density at radius 1 is 1.26 bits per heavy atom. The third-order valence-electron chi connectivity index (χ3n) is 2.72. The summed E-state index contributed by atoms with van der Waals surface area (Å²) in [6, 6.07) is -0.943. The summed E-state index contributed by atoms with van der Waals surface area (Å²) in [5.41, 5.74) is -0.554. The van der Waals surface area contributed by atoms with Gasteiger partial charge in [0.25, 0.3) is 0 Å². The molecule has 0 spiro atoms. The SMILES string of the molecule is C#CCCC(=O)N[C@@H](CCCCNC(=O)OC(C)(C)C)C(=O)O. The zero-order valence-electron chi connectivity index (χ0n) is 14.0. The quantitative estimate of drug-likeness (QED) is 0.441. The van der Waals surface area contributed by atoms with Gasteiger partial charge < -0.3 is 20.5 Å². The summed E-state index contributed by atoms with van der Waals surface area (Å²) in [5, 5.41) is 14.1. The summed E-state index contributed by atoms with van der Waals surface area (Å²) in [6.45, 7) is 5.69. The summed E-state index contributed by atoms with van der Waals surface area (Å²) in [6.07, 6.45) is 6.35. The molecule has 0 fully saturated rings. The number of carbonyl (C=O) groups excluding carboxylic acids is 2. The molecule has 0 bridgehead atoms. The topological polar surface area (TPSA) is 105 Å². The molecule has 0 aliphatic heterocycles. The van der Waals surface area contributed by atoms with E-state index in [9.17, 15) is 14.4 Å². The highest BCUT2D eigenvalue weighted by Gasteiger charge is 2.19. The Morgan fingerprint density at radius 2 is 1.91 bits per heavy atom. The average molecular weight is 326 g/mol. The molecule has 0 aliphatic carbocycles. The lowest BCUT2D eigenvalue weighted by molar-refractivity contribution is -0.142. The van der Waals surface area contributed by atoms with Gasteiger partial charge in [0.1, 0.15) is 11.6 Å². The molecule has 0 unspecified atom stereocenters. The van der Waals surface area contributed by atoms with Crippen molar-refractivity contribution in [1.82, 2.24) is 10.6 Å². The fraction of sp³-hybridized carbons (Fsp3) is 0.688. The standard InChI is InChI=1S/C16H26N2O5/c1-5-6-10-13(19)18-12(14(20)21)9-7-8-11-17-15(22)23-16(2,3)4/h1,12H,6-11H2,2-4H3,(H,17,22)(H,18,19)(H,20,21)/t12-/m0/s1. The van der Waals surface area contributed by atoms with E-state index >= 15 is 0 Å². The fourth-order valence-electron chi connectivity index (χ4n) is 1.69. The lowest BCUT2D eigenvalue weighted by Crippen LogP contribution is -2.40. The van der Waals surface area contributed by atoms with E-state index in [1.54, 1.807) is 20.8 Å².